The molecule has 1 unspecified atom stereocenters. The van der Waals surface area contributed by atoms with Crippen molar-refractivity contribution in [3.8, 4) is 0 Å². The molecule has 4 nitrogen and oxygen atoms in total. The standard InChI is InChI=1S/C21H21NO3/c1-2-9-18-17(14-15-10-5-3-6-11-15)21(24)25-20(22-18)19(23)16-12-7-4-8-13-16/h3-8,10-13,20,22H,2,9,14H2,1H3. The van der Waals surface area contributed by atoms with Gasteiger partial charge in [-0.2, -0.15) is 0 Å². The van der Waals surface area contributed by atoms with Gasteiger partial charge in [0.2, 0.25) is 12.0 Å². The molecule has 1 atom stereocenters. The SMILES string of the molecule is CCCC1=C(Cc2ccccc2)C(=O)OC(C(=O)c2ccccc2)N1. The van der Waals surface area contributed by atoms with Gasteiger partial charge in [0.1, 0.15) is 0 Å². The van der Waals surface area contributed by atoms with Gasteiger partial charge in [-0.3, -0.25) is 4.79 Å². The Morgan fingerprint density at radius 2 is 1.68 bits per heavy atom. The summed E-state index contributed by atoms with van der Waals surface area (Å²) in [5.41, 5.74) is 2.97. The molecule has 0 saturated carbocycles. The van der Waals surface area contributed by atoms with E-state index in [4.69, 9.17) is 4.74 Å². The molecule has 0 saturated heterocycles. The van der Waals surface area contributed by atoms with Gasteiger partial charge in [-0.25, -0.2) is 4.79 Å². The fourth-order valence-corrected chi connectivity index (χ4v) is 2.90. The predicted molar refractivity (Wildman–Crippen MR) is 95.9 cm³/mol. The third-order valence-corrected chi connectivity index (χ3v) is 4.16. The zero-order valence-electron chi connectivity index (χ0n) is 14.2. The first-order valence-corrected chi connectivity index (χ1v) is 8.51. The smallest absolute Gasteiger partial charge is 0.338 e. The van der Waals surface area contributed by atoms with E-state index in [9.17, 15) is 9.59 Å². The Balaban J connectivity index is 1.85. The molecule has 0 spiro atoms. The van der Waals surface area contributed by atoms with E-state index in [1.807, 2.05) is 43.3 Å². The number of hydrogen-bond acceptors (Lipinski definition) is 4. The highest BCUT2D eigenvalue weighted by Crippen LogP contribution is 2.22. The first kappa shape index (κ1) is 17.0. The molecule has 128 valence electrons. The molecule has 2 aromatic carbocycles. The zero-order valence-corrected chi connectivity index (χ0v) is 14.2. The van der Waals surface area contributed by atoms with Crippen LogP contribution in [-0.2, 0) is 16.0 Å². The molecule has 0 aliphatic carbocycles. The molecule has 0 amide bonds. The molecule has 1 aliphatic rings. The molecule has 0 bridgehead atoms. The van der Waals surface area contributed by atoms with Crippen LogP contribution in [0.1, 0.15) is 35.7 Å². The van der Waals surface area contributed by atoms with Gasteiger partial charge >= 0.3 is 5.97 Å². The average molecular weight is 335 g/mol. The lowest BCUT2D eigenvalue weighted by molar-refractivity contribution is -0.145. The van der Waals surface area contributed by atoms with Crippen molar-refractivity contribution < 1.29 is 14.3 Å². The Morgan fingerprint density at radius 3 is 2.32 bits per heavy atom. The van der Waals surface area contributed by atoms with Gasteiger partial charge in [0.05, 0.1) is 5.57 Å². The van der Waals surface area contributed by atoms with Gasteiger partial charge in [0.25, 0.3) is 0 Å². The molecule has 2 aromatic rings. The van der Waals surface area contributed by atoms with E-state index < -0.39 is 12.2 Å². The summed E-state index contributed by atoms with van der Waals surface area (Å²) in [6.45, 7) is 2.04. The Bertz CT molecular complexity index is 781. The number of esters is 1. The highest BCUT2D eigenvalue weighted by molar-refractivity contribution is 6.02. The van der Waals surface area contributed by atoms with E-state index in [0.29, 0.717) is 24.0 Å². The summed E-state index contributed by atoms with van der Waals surface area (Å²) >= 11 is 0. The number of carbonyl (C=O) groups excluding carboxylic acids is 2. The molecule has 1 N–H and O–H groups in total. The van der Waals surface area contributed by atoms with Crippen LogP contribution in [0.5, 0.6) is 0 Å². The van der Waals surface area contributed by atoms with Crippen molar-refractivity contribution in [2.75, 3.05) is 0 Å². The largest absolute Gasteiger partial charge is 0.430 e. The van der Waals surface area contributed by atoms with Crippen molar-refractivity contribution in [1.82, 2.24) is 5.32 Å². The fraction of sp³-hybridized carbons (Fsp3) is 0.238. The highest BCUT2D eigenvalue weighted by atomic mass is 16.6. The van der Waals surface area contributed by atoms with E-state index in [1.165, 1.54) is 0 Å². The molecule has 25 heavy (non-hydrogen) atoms. The van der Waals surface area contributed by atoms with Crippen LogP contribution < -0.4 is 5.32 Å². The maximum absolute atomic E-state index is 12.6. The lowest BCUT2D eigenvalue weighted by Gasteiger charge is -2.28. The summed E-state index contributed by atoms with van der Waals surface area (Å²) in [5, 5.41) is 3.14. The minimum Gasteiger partial charge on any atom is -0.430 e. The second-order valence-electron chi connectivity index (χ2n) is 6.03. The van der Waals surface area contributed by atoms with Crippen LogP contribution >= 0.6 is 0 Å². The van der Waals surface area contributed by atoms with Crippen LogP contribution in [-0.4, -0.2) is 18.0 Å². The van der Waals surface area contributed by atoms with Crippen LogP contribution in [0.3, 0.4) is 0 Å². The van der Waals surface area contributed by atoms with Crippen molar-refractivity contribution in [2.45, 2.75) is 32.4 Å². The number of ketones is 1. The van der Waals surface area contributed by atoms with Crippen LogP contribution in [0.4, 0.5) is 0 Å². The third-order valence-electron chi connectivity index (χ3n) is 4.16. The minimum atomic E-state index is -0.962. The second-order valence-corrected chi connectivity index (χ2v) is 6.03. The zero-order chi connectivity index (χ0) is 17.6. The fourth-order valence-electron chi connectivity index (χ4n) is 2.90. The van der Waals surface area contributed by atoms with Crippen LogP contribution in [0, 0.1) is 0 Å². The maximum atomic E-state index is 12.6. The first-order valence-electron chi connectivity index (χ1n) is 8.51. The topological polar surface area (TPSA) is 55.4 Å². The van der Waals surface area contributed by atoms with E-state index in [2.05, 4.69) is 5.32 Å². The molecule has 3 rings (SSSR count). The van der Waals surface area contributed by atoms with Gasteiger partial charge in [0.15, 0.2) is 0 Å². The molecule has 0 fully saturated rings. The highest BCUT2D eigenvalue weighted by Gasteiger charge is 2.32. The van der Waals surface area contributed by atoms with E-state index in [0.717, 1.165) is 17.7 Å². The van der Waals surface area contributed by atoms with E-state index in [1.54, 1.807) is 24.3 Å². The first-order chi connectivity index (χ1) is 12.2. The summed E-state index contributed by atoms with van der Waals surface area (Å²) in [6.07, 6.45) is 1.11. The Morgan fingerprint density at radius 1 is 1.04 bits per heavy atom. The van der Waals surface area contributed by atoms with Gasteiger partial charge in [0, 0.05) is 17.7 Å². The second kappa shape index (κ2) is 7.79. The number of hydrogen-bond donors (Lipinski definition) is 1. The number of ether oxygens (including phenoxy) is 1. The lowest BCUT2D eigenvalue weighted by atomic mass is 9.99. The van der Waals surface area contributed by atoms with Crippen molar-refractivity contribution in [2.24, 2.45) is 0 Å². The van der Waals surface area contributed by atoms with Gasteiger partial charge in [-0.05, 0) is 12.0 Å². The number of rotatable bonds is 6. The molecule has 1 heterocycles. The van der Waals surface area contributed by atoms with Crippen molar-refractivity contribution in [3.05, 3.63) is 83.1 Å². The van der Waals surface area contributed by atoms with Crippen molar-refractivity contribution >= 4 is 11.8 Å². The molecule has 0 aromatic heterocycles. The van der Waals surface area contributed by atoms with Crippen LogP contribution in [0.25, 0.3) is 0 Å². The summed E-state index contributed by atoms with van der Waals surface area (Å²) in [4.78, 5) is 25.2. The normalized spacial score (nSPS) is 17.0. The molecule has 0 radical (unpaired) electrons. The predicted octanol–water partition coefficient (Wildman–Crippen LogP) is 3.64. The number of Topliss-reactive ketones (excluding diaryl/α,β-unsaturated/α-hetero) is 1. The molecule has 1 aliphatic heterocycles. The number of carbonyl (C=O) groups is 2. The molecular weight excluding hydrogens is 314 g/mol. The van der Waals surface area contributed by atoms with E-state index in [-0.39, 0.29) is 5.78 Å². The number of allylic oxidation sites excluding steroid dienone is 1. The summed E-state index contributed by atoms with van der Waals surface area (Å²) in [6, 6.07) is 18.7. The minimum absolute atomic E-state index is 0.235. The monoisotopic (exact) mass is 335 g/mol. The molecular formula is C21H21NO3. The van der Waals surface area contributed by atoms with Crippen LogP contribution in [0.2, 0.25) is 0 Å². The van der Waals surface area contributed by atoms with Gasteiger partial charge in [-0.1, -0.05) is 74.0 Å². The Kier molecular flexibility index (Phi) is 5.29. The van der Waals surface area contributed by atoms with Crippen molar-refractivity contribution in [1.29, 1.82) is 0 Å². The Labute approximate surface area is 147 Å². The lowest BCUT2D eigenvalue weighted by Crippen LogP contribution is -2.45. The average Bonchev–Trinajstić information content (AvgIpc) is 2.65. The summed E-state index contributed by atoms with van der Waals surface area (Å²) < 4.78 is 5.41. The summed E-state index contributed by atoms with van der Waals surface area (Å²) in [7, 11) is 0. The third kappa shape index (κ3) is 3.97. The molecule has 4 heteroatoms. The summed E-state index contributed by atoms with van der Waals surface area (Å²) in [5.74, 6) is -0.651. The maximum Gasteiger partial charge on any atom is 0.338 e. The van der Waals surface area contributed by atoms with Crippen molar-refractivity contribution in [3.63, 3.8) is 0 Å². The Hall–Kier alpha value is -2.88. The number of benzene rings is 2. The quantitative estimate of drug-likeness (QED) is 0.647. The van der Waals surface area contributed by atoms with E-state index >= 15 is 0 Å². The number of cyclic esters (lactones) is 1. The number of nitrogens with one attached hydrogen (secondary N) is 1. The van der Waals surface area contributed by atoms with Crippen LogP contribution in [0.15, 0.2) is 71.9 Å². The van der Waals surface area contributed by atoms with Gasteiger partial charge in [-0.15, -0.1) is 0 Å². The van der Waals surface area contributed by atoms with Gasteiger partial charge < -0.3 is 10.1 Å².